The predicted molar refractivity (Wildman–Crippen MR) is 79.7 cm³/mol. The first kappa shape index (κ1) is 15.2. The van der Waals surface area contributed by atoms with E-state index in [1.807, 2.05) is 0 Å². The number of pyridine rings is 1. The smallest absolute Gasteiger partial charge is 0.328 e. The van der Waals surface area contributed by atoms with Crippen LogP contribution in [0, 0.1) is 10.8 Å². The third kappa shape index (κ3) is 2.82. The molecule has 1 heterocycles. The number of carboxylic acid groups (broad SMARTS) is 1. The van der Waals surface area contributed by atoms with Gasteiger partial charge in [-0.3, -0.25) is 9.78 Å². The molecule has 1 saturated carbocycles. The molecule has 0 atom stereocenters. The maximum atomic E-state index is 12.3. The molecule has 0 spiro atoms. The lowest BCUT2D eigenvalue weighted by molar-refractivity contribution is -0.131. The van der Waals surface area contributed by atoms with E-state index in [4.69, 9.17) is 5.11 Å². The van der Waals surface area contributed by atoms with Crippen LogP contribution >= 0.6 is 0 Å². The second kappa shape index (κ2) is 4.98. The highest BCUT2D eigenvalue weighted by molar-refractivity contribution is 5.95. The van der Waals surface area contributed by atoms with Crippen molar-refractivity contribution in [1.29, 1.82) is 0 Å². The molecule has 21 heavy (non-hydrogen) atoms. The van der Waals surface area contributed by atoms with Gasteiger partial charge in [-0.1, -0.05) is 27.7 Å². The van der Waals surface area contributed by atoms with Crippen LogP contribution in [0.2, 0.25) is 0 Å². The zero-order chi connectivity index (χ0) is 15.8. The summed E-state index contributed by atoms with van der Waals surface area (Å²) in [5, 5.41) is 11.6. The molecule has 2 N–H and O–H groups in total. The number of aliphatic carboxylic acids is 1. The normalized spacial score (nSPS) is 19.4. The Bertz CT molecular complexity index is 604. The summed E-state index contributed by atoms with van der Waals surface area (Å²) in [7, 11) is 0. The molecule has 2 rings (SSSR count). The van der Waals surface area contributed by atoms with Gasteiger partial charge in [0.1, 0.15) is 0 Å². The SMILES string of the molecule is CC1(C)C(NC(=O)c2cncc(C=CC(=O)O)c2)C1(C)C. The van der Waals surface area contributed by atoms with Gasteiger partial charge in [-0.15, -0.1) is 0 Å². The molecular weight excluding hydrogens is 268 g/mol. The molecule has 1 aliphatic rings. The van der Waals surface area contributed by atoms with E-state index in [1.165, 1.54) is 18.5 Å². The first-order chi connectivity index (χ1) is 9.66. The van der Waals surface area contributed by atoms with Crippen molar-refractivity contribution >= 4 is 18.0 Å². The fourth-order valence-corrected chi connectivity index (χ4v) is 2.61. The maximum absolute atomic E-state index is 12.3. The Labute approximate surface area is 124 Å². The summed E-state index contributed by atoms with van der Waals surface area (Å²) in [6, 6.07) is 1.75. The summed E-state index contributed by atoms with van der Waals surface area (Å²) in [6.45, 7) is 8.51. The number of carboxylic acids is 1. The fourth-order valence-electron chi connectivity index (χ4n) is 2.61. The number of carbonyl (C=O) groups is 2. The van der Waals surface area contributed by atoms with Crippen molar-refractivity contribution in [1.82, 2.24) is 10.3 Å². The molecule has 0 unspecified atom stereocenters. The summed E-state index contributed by atoms with van der Waals surface area (Å²) in [4.78, 5) is 26.8. The van der Waals surface area contributed by atoms with Crippen LogP contribution in [0.15, 0.2) is 24.5 Å². The highest BCUT2D eigenvalue weighted by Gasteiger charge is 2.65. The second-order valence-electron chi connectivity index (χ2n) is 6.53. The van der Waals surface area contributed by atoms with Crippen LogP contribution in [0.1, 0.15) is 43.6 Å². The third-order valence-corrected chi connectivity index (χ3v) is 4.74. The van der Waals surface area contributed by atoms with Crippen molar-refractivity contribution < 1.29 is 14.7 Å². The molecule has 0 saturated heterocycles. The van der Waals surface area contributed by atoms with Crippen LogP contribution in [-0.4, -0.2) is 28.0 Å². The van der Waals surface area contributed by atoms with Crippen LogP contribution in [0.4, 0.5) is 0 Å². The summed E-state index contributed by atoms with van der Waals surface area (Å²) in [5.41, 5.74) is 1.15. The maximum Gasteiger partial charge on any atom is 0.328 e. The van der Waals surface area contributed by atoms with Gasteiger partial charge in [-0.05, 0) is 28.5 Å². The summed E-state index contributed by atoms with van der Waals surface area (Å²) >= 11 is 0. The van der Waals surface area contributed by atoms with Crippen molar-refractivity contribution in [2.45, 2.75) is 33.7 Å². The van der Waals surface area contributed by atoms with Crippen molar-refractivity contribution in [3.63, 3.8) is 0 Å². The molecule has 5 heteroatoms. The van der Waals surface area contributed by atoms with E-state index in [0.29, 0.717) is 11.1 Å². The lowest BCUT2D eigenvalue weighted by atomic mass is 10.0. The lowest BCUT2D eigenvalue weighted by Crippen LogP contribution is -2.29. The van der Waals surface area contributed by atoms with Gasteiger partial charge in [0.2, 0.25) is 0 Å². The minimum Gasteiger partial charge on any atom is -0.478 e. The first-order valence-electron chi connectivity index (χ1n) is 6.83. The molecule has 1 amide bonds. The van der Waals surface area contributed by atoms with Crippen LogP contribution < -0.4 is 5.32 Å². The zero-order valence-electron chi connectivity index (χ0n) is 12.7. The van der Waals surface area contributed by atoms with Gasteiger partial charge in [0, 0.05) is 24.5 Å². The Balaban J connectivity index is 2.11. The minimum atomic E-state index is -1.04. The van der Waals surface area contributed by atoms with Gasteiger partial charge in [-0.25, -0.2) is 4.79 Å². The third-order valence-electron chi connectivity index (χ3n) is 4.74. The number of nitrogens with zero attached hydrogens (tertiary/aromatic N) is 1. The van der Waals surface area contributed by atoms with Gasteiger partial charge in [0.05, 0.1) is 5.56 Å². The quantitative estimate of drug-likeness (QED) is 0.833. The molecule has 112 valence electrons. The van der Waals surface area contributed by atoms with E-state index in [1.54, 1.807) is 6.07 Å². The molecule has 0 aliphatic heterocycles. The molecule has 0 bridgehead atoms. The van der Waals surface area contributed by atoms with Crippen LogP contribution in [-0.2, 0) is 4.79 Å². The fraction of sp³-hybridized carbons (Fsp3) is 0.438. The Hall–Kier alpha value is -2.17. The Morgan fingerprint density at radius 3 is 2.38 bits per heavy atom. The van der Waals surface area contributed by atoms with E-state index in [9.17, 15) is 9.59 Å². The molecule has 1 fully saturated rings. The molecule has 0 aromatic carbocycles. The Kier molecular flexibility index (Phi) is 3.61. The number of carbonyl (C=O) groups excluding carboxylic acids is 1. The number of rotatable bonds is 4. The predicted octanol–water partition coefficient (Wildman–Crippen LogP) is 2.34. The summed E-state index contributed by atoms with van der Waals surface area (Å²) in [5.74, 6) is -1.22. The molecule has 1 aliphatic carbocycles. The van der Waals surface area contributed by atoms with Gasteiger partial charge in [0.25, 0.3) is 5.91 Å². The monoisotopic (exact) mass is 288 g/mol. The number of aromatic nitrogens is 1. The van der Waals surface area contributed by atoms with Gasteiger partial charge >= 0.3 is 5.97 Å². The first-order valence-corrected chi connectivity index (χ1v) is 6.83. The van der Waals surface area contributed by atoms with Crippen molar-refractivity contribution in [3.05, 3.63) is 35.7 Å². The minimum absolute atomic E-state index is 0.0664. The van der Waals surface area contributed by atoms with E-state index < -0.39 is 5.97 Å². The number of amides is 1. The van der Waals surface area contributed by atoms with Gasteiger partial charge in [0.15, 0.2) is 0 Å². The second-order valence-corrected chi connectivity index (χ2v) is 6.53. The van der Waals surface area contributed by atoms with Crippen molar-refractivity contribution in [2.24, 2.45) is 10.8 Å². The van der Waals surface area contributed by atoms with Crippen molar-refractivity contribution in [3.8, 4) is 0 Å². The average Bonchev–Trinajstić information content (AvgIpc) is 2.79. The van der Waals surface area contributed by atoms with E-state index in [-0.39, 0.29) is 22.8 Å². The number of nitrogens with one attached hydrogen (secondary N) is 1. The molecule has 0 radical (unpaired) electrons. The summed E-state index contributed by atoms with van der Waals surface area (Å²) in [6.07, 6.45) is 5.43. The highest BCUT2D eigenvalue weighted by Crippen LogP contribution is 2.62. The largest absolute Gasteiger partial charge is 0.478 e. The molecule has 1 aromatic heterocycles. The topological polar surface area (TPSA) is 79.3 Å². The van der Waals surface area contributed by atoms with Gasteiger partial charge in [-0.2, -0.15) is 0 Å². The van der Waals surface area contributed by atoms with Gasteiger partial charge < -0.3 is 10.4 Å². The van der Waals surface area contributed by atoms with E-state index >= 15 is 0 Å². The lowest BCUT2D eigenvalue weighted by Gasteiger charge is -2.07. The van der Waals surface area contributed by atoms with Crippen LogP contribution in [0.5, 0.6) is 0 Å². The Morgan fingerprint density at radius 1 is 1.24 bits per heavy atom. The molecule has 1 aromatic rings. The van der Waals surface area contributed by atoms with Crippen LogP contribution in [0.25, 0.3) is 6.08 Å². The number of hydrogen-bond donors (Lipinski definition) is 2. The molecule has 5 nitrogen and oxygen atoms in total. The standard InChI is InChI=1S/C16H20N2O3/c1-15(2)14(16(15,3)4)18-13(21)11-7-10(8-17-9-11)5-6-12(19)20/h5-9,14H,1-4H3,(H,18,21)(H,19,20). The molecular formula is C16H20N2O3. The van der Waals surface area contributed by atoms with Crippen LogP contribution in [0.3, 0.4) is 0 Å². The summed E-state index contributed by atoms with van der Waals surface area (Å²) < 4.78 is 0. The Morgan fingerprint density at radius 2 is 1.86 bits per heavy atom. The van der Waals surface area contributed by atoms with Crippen molar-refractivity contribution in [2.75, 3.05) is 0 Å². The zero-order valence-corrected chi connectivity index (χ0v) is 12.7. The number of hydrogen-bond acceptors (Lipinski definition) is 3. The van der Waals surface area contributed by atoms with E-state index in [2.05, 4.69) is 38.0 Å². The average molecular weight is 288 g/mol. The van der Waals surface area contributed by atoms with E-state index in [0.717, 1.165) is 6.08 Å². The highest BCUT2D eigenvalue weighted by atomic mass is 16.4.